The molecule has 298 valence electrons. The largest absolute Gasteiger partial charge is 0.476 e. The number of nitrogens with zero attached hydrogens (tertiary/aromatic N) is 5. The minimum Gasteiger partial charge on any atom is -0.476 e. The number of fused-ring (bicyclic) bond motifs is 2. The first-order valence-electron chi connectivity index (χ1n) is 20.1. The molecule has 1 aliphatic heterocycles. The fourth-order valence-corrected chi connectivity index (χ4v) is 12.8. The Bertz CT molecular complexity index is 2320. The predicted molar refractivity (Wildman–Crippen MR) is 221 cm³/mol. The maximum Gasteiger partial charge on any atom is 0.355 e. The molecule has 0 spiro atoms. The zero-order valence-corrected chi connectivity index (χ0v) is 33.8. The summed E-state index contributed by atoms with van der Waals surface area (Å²) in [6.07, 6.45) is 9.08. The van der Waals surface area contributed by atoms with Gasteiger partial charge in [-0.2, -0.15) is 5.10 Å². The van der Waals surface area contributed by atoms with E-state index in [-0.39, 0.29) is 33.4 Å². The third-order valence-corrected chi connectivity index (χ3v) is 13.8. The topological polar surface area (TPSA) is 158 Å². The summed E-state index contributed by atoms with van der Waals surface area (Å²) in [6, 6.07) is 17.4. The molecule has 3 aromatic heterocycles. The molecule has 4 saturated carbocycles. The summed E-state index contributed by atoms with van der Waals surface area (Å²) in [5, 5.41) is 19.0. The fourth-order valence-electron chi connectivity index (χ4n) is 11.9. The number of carboxylic acids is 1. The lowest BCUT2D eigenvalue weighted by molar-refractivity contribution is -0.250. The molecule has 4 heterocycles. The second kappa shape index (κ2) is 14.3. The van der Waals surface area contributed by atoms with Gasteiger partial charge in [0, 0.05) is 48.6 Å². The van der Waals surface area contributed by atoms with Crippen LogP contribution in [0.2, 0.25) is 0 Å². The molecule has 4 fully saturated rings. The summed E-state index contributed by atoms with van der Waals surface area (Å²) >= 11 is 1.44. The summed E-state index contributed by atoms with van der Waals surface area (Å²) in [7, 11) is 0. The van der Waals surface area contributed by atoms with Crippen LogP contribution in [0.1, 0.15) is 90.0 Å². The molecule has 5 aromatic rings. The number of para-hydroxylation sites is 1. The quantitative estimate of drug-likeness (QED) is 0.102. The average molecular weight is 790 g/mol. The van der Waals surface area contributed by atoms with Crippen molar-refractivity contribution in [2.24, 2.45) is 22.0 Å². The molecule has 1 amide bonds. The highest BCUT2D eigenvalue weighted by molar-refractivity contribution is 7.22. The van der Waals surface area contributed by atoms with Crippen LogP contribution in [0.15, 0.2) is 60.8 Å². The second-order valence-electron chi connectivity index (χ2n) is 17.8. The van der Waals surface area contributed by atoms with Gasteiger partial charge in [0.15, 0.2) is 10.8 Å². The van der Waals surface area contributed by atoms with Crippen molar-refractivity contribution in [3.63, 3.8) is 0 Å². The minimum absolute atomic E-state index is 0.0122. The van der Waals surface area contributed by atoms with Crippen LogP contribution in [-0.4, -0.2) is 75.2 Å². The van der Waals surface area contributed by atoms with E-state index in [9.17, 15) is 14.7 Å². The van der Waals surface area contributed by atoms with Gasteiger partial charge in [0.2, 0.25) is 0 Å². The van der Waals surface area contributed by atoms with E-state index >= 15 is 0 Å². The Morgan fingerprint density at radius 2 is 1.74 bits per heavy atom. The predicted octanol–water partition coefficient (Wildman–Crippen LogP) is 7.49. The Hall–Kier alpha value is -4.69. The van der Waals surface area contributed by atoms with Gasteiger partial charge in [-0.15, -0.1) is 0 Å². The lowest BCUT2D eigenvalue weighted by Gasteiger charge is -2.69. The van der Waals surface area contributed by atoms with Crippen molar-refractivity contribution in [3.05, 3.63) is 88.9 Å². The zero-order chi connectivity index (χ0) is 39.6. The summed E-state index contributed by atoms with van der Waals surface area (Å²) < 4.78 is 15.5. The number of pyridine rings is 1. The molecule has 10 rings (SSSR count). The monoisotopic (exact) mass is 789 g/mol. The molecular formula is C44H51N7O5S. The molecule has 4 N–H and O–H groups in total. The normalized spacial score (nSPS) is 26.2. The number of benzene rings is 2. The van der Waals surface area contributed by atoms with E-state index in [2.05, 4.69) is 39.8 Å². The van der Waals surface area contributed by atoms with Crippen molar-refractivity contribution >= 4 is 44.4 Å². The molecule has 2 atom stereocenters. The number of carbonyl (C=O) groups excluding carboxylic acids is 1. The Kier molecular flexibility index (Phi) is 9.50. The van der Waals surface area contributed by atoms with Crippen LogP contribution in [0.5, 0.6) is 0 Å². The lowest BCUT2D eigenvalue weighted by atomic mass is 9.39. The number of rotatable bonds is 13. The van der Waals surface area contributed by atoms with E-state index in [1.807, 2.05) is 55.5 Å². The molecule has 2 aromatic carbocycles. The second-order valence-corrected chi connectivity index (χ2v) is 18.9. The number of anilines is 2. The van der Waals surface area contributed by atoms with Crippen molar-refractivity contribution in [1.82, 2.24) is 19.7 Å². The average Bonchev–Trinajstić information content (AvgIpc) is 3.74. The Labute approximate surface area is 336 Å². The first-order valence-corrected chi connectivity index (χ1v) is 20.9. The van der Waals surface area contributed by atoms with Crippen molar-refractivity contribution in [1.29, 1.82) is 0 Å². The highest BCUT2D eigenvalue weighted by Crippen LogP contribution is 2.72. The van der Waals surface area contributed by atoms with E-state index in [4.69, 9.17) is 25.3 Å². The molecule has 5 aliphatic rings. The molecule has 13 heteroatoms. The molecule has 0 saturated heterocycles. The molecule has 0 radical (unpaired) electrons. The fraction of sp³-hybridized carbons (Fsp3) is 0.477. The van der Waals surface area contributed by atoms with Gasteiger partial charge in [-0.25, -0.2) is 14.8 Å². The summed E-state index contributed by atoms with van der Waals surface area (Å²) in [5.41, 5.74) is 11.5. The smallest absolute Gasteiger partial charge is 0.355 e. The number of carbonyl (C=O) groups is 2. The van der Waals surface area contributed by atoms with Crippen molar-refractivity contribution in [2.45, 2.75) is 84.4 Å². The van der Waals surface area contributed by atoms with Crippen molar-refractivity contribution in [2.75, 3.05) is 43.1 Å². The SMILES string of the molecule is Cc1c(-c2ccc(N3CCc4cccc(C(=O)Nc5nc6ccccc6s5)c4C3)nc2C(=O)O)cnn1CC12CC3(C)CC(C)(C1)CC(OCCOCCN)(C3)C2. The number of aromatic carboxylic acids is 1. The van der Waals surface area contributed by atoms with Gasteiger partial charge in [0.05, 0.1) is 41.8 Å². The highest BCUT2D eigenvalue weighted by Gasteiger charge is 2.66. The van der Waals surface area contributed by atoms with Gasteiger partial charge >= 0.3 is 5.97 Å². The van der Waals surface area contributed by atoms with Crippen LogP contribution in [0.25, 0.3) is 21.3 Å². The van der Waals surface area contributed by atoms with E-state index in [0.29, 0.717) is 68.0 Å². The standard InChI is InChI=1S/C44H51N7O5S/c1-28-32(19-46-51(28)27-43-22-41(2)21-42(3,23-43)25-44(24-41,26-43)56-18-17-55-16-14-45)30-11-12-36(48-37(30)39(53)54)50-15-13-29-7-6-8-31(33(29)20-50)38(52)49-40-47-34-9-4-5-10-35(34)57-40/h4-12,19H,13-18,20-27,45H2,1-3H3,(H,53,54)(H,47,49,52). The molecule has 57 heavy (non-hydrogen) atoms. The Morgan fingerprint density at radius 3 is 2.51 bits per heavy atom. The first-order chi connectivity index (χ1) is 27.4. The maximum atomic E-state index is 13.6. The molecule has 12 nitrogen and oxygen atoms in total. The molecule has 2 unspecified atom stereocenters. The summed E-state index contributed by atoms with van der Waals surface area (Å²) in [5.74, 6) is -0.757. The van der Waals surface area contributed by atoms with Crippen LogP contribution in [0.4, 0.5) is 10.9 Å². The van der Waals surface area contributed by atoms with Crippen LogP contribution in [-0.2, 0) is 29.0 Å². The number of hydrogen-bond acceptors (Lipinski definition) is 10. The summed E-state index contributed by atoms with van der Waals surface area (Å²) in [6.45, 7) is 10.9. The van der Waals surface area contributed by atoms with Gasteiger partial charge in [-0.3, -0.25) is 14.8 Å². The van der Waals surface area contributed by atoms with Crippen molar-refractivity contribution in [3.8, 4) is 11.1 Å². The number of nitrogens with two attached hydrogens (primary N) is 1. The Balaban J connectivity index is 0.947. The van der Waals surface area contributed by atoms with Gasteiger partial charge in [-0.05, 0) is 110 Å². The first kappa shape index (κ1) is 37.9. The summed E-state index contributed by atoms with van der Waals surface area (Å²) in [4.78, 5) is 37.9. The lowest BCUT2D eigenvalue weighted by Crippen LogP contribution is -2.64. The maximum absolute atomic E-state index is 13.6. The van der Waals surface area contributed by atoms with E-state index < -0.39 is 5.97 Å². The van der Waals surface area contributed by atoms with Gasteiger partial charge in [-0.1, -0.05) is 49.4 Å². The van der Waals surface area contributed by atoms with Gasteiger partial charge in [0.1, 0.15) is 5.82 Å². The number of nitrogens with one attached hydrogen (secondary N) is 1. The number of thiazole rings is 1. The van der Waals surface area contributed by atoms with Crippen LogP contribution >= 0.6 is 11.3 Å². The molecular weight excluding hydrogens is 739 g/mol. The number of amides is 1. The third kappa shape index (κ3) is 7.13. The minimum atomic E-state index is -1.09. The highest BCUT2D eigenvalue weighted by atomic mass is 32.1. The van der Waals surface area contributed by atoms with Crippen LogP contribution in [0, 0.1) is 23.2 Å². The third-order valence-electron chi connectivity index (χ3n) is 12.9. The van der Waals surface area contributed by atoms with Crippen molar-refractivity contribution < 1.29 is 24.2 Å². The number of aromatic nitrogens is 4. The number of hydrogen-bond donors (Lipinski definition) is 3. The van der Waals surface area contributed by atoms with E-state index in [1.54, 1.807) is 6.20 Å². The molecule has 4 bridgehead atoms. The zero-order valence-electron chi connectivity index (χ0n) is 33.0. The van der Waals surface area contributed by atoms with Gasteiger partial charge in [0.25, 0.3) is 5.91 Å². The van der Waals surface area contributed by atoms with E-state index in [1.165, 1.54) is 17.8 Å². The molecule has 4 aliphatic carbocycles. The Morgan fingerprint density at radius 1 is 0.930 bits per heavy atom. The van der Waals surface area contributed by atoms with Crippen LogP contribution < -0.4 is 16.0 Å². The van der Waals surface area contributed by atoms with Crippen LogP contribution in [0.3, 0.4) is 0 Å². The van der Waals surface area contributed by atoms with E-state index in [0.717, 1.165) is 71.2 Å². The number of carboxylic acid groups (broad SMARTS) is 1. The van der Waals surface area contributed by atoms with Gasteiger partial charge < -0.3 is 25.2 Å². The number of ether oxygens (including phenoxy) is 2.